The Morgan fingerprint density at radius 3 is 2.75 bits per heavy atom. The number of aromatic nitrogens is 2. The Morgan fingerprint density at radius 1 is 1.35 bits per heavy atom. The number of carbonyl (C=O) groups excluding carboxylic acids is 1. The first-order valence-electron chi connectivity index (χ1n) is 6.08. The highest BCUT2D eigenvalue weighted by atomic mass is 35.5. The van der Waals surface area contributed by atoms with Crippen LogP contribution < -0.4 is 5.32 Å². The number of benzene rings is 1. The monoisotopic (exact) mass is 305 g/mol. The van der Waals surface area contributed by atoms with E-state index >= 15 is 0 Å². The summed E-state index contributed by atoms with van der Waals surface area (Å²) in [5.41, 5.74) is 1.86. The van der Waals surface area contributed by atoms with Gasteiger partial charge in [-0.05, 0) is 19.9 Å². The lowest BCUT2D eigenvalue weighted by Crippen LogP contribution is -2.11. The number of fused-ring (bicyclic) bond motifs is 1. The number of rotatable bonds is 2. The zero-order valence-electron chi connectivity index (χ0n) is 11.0. The average Bonchev–Trinajstić information content (AvgIpc) is 2.94. The van der Waals surface area contributed by atoms with E-state index in [1.54, 1.807) is 0 Å². The number of anilines is 1. The molecule has 0 aliphatic rings. The van der Waals surface area contributed by atoms with E-state index in [1.807, 2.05) is 38.1 Å². The molecule has 0 radical (unpaired) electrons. The third-order valence-electron chi connectivity index (χ3n) is 3.23. The van der Waals surface area contributed by atoms with Crippen LogP contribution in [0.1, 0.15) is 20.9 Å². The predicted octanol–water partition coefficient (Wildman–Crippen LogP) is 4.15. The molecule has 6 heteroatoms. The zero-order chi connectivity index (χ0) is 14.3. The highest BCUT2D eigenvalue weighted by molar-refractivity contribution is 7.21. The van der Waals surface area contributed by atoms with Crippen LogP contribution in [0.5, 0.6) is 0 Å². The number of amides is 1. The van der Waals surface area contributed by atoms with Crippen molar-refractivity contribution in [3.8, 4) is 0 Å². The third kappa shape index (κ3) is 2.09. The Labute approximate surface area is 124 Å². The lowest BCUT2D eigenvalue weighted by molar-refractivity contribution is 0.103. The van der Waals surface area contributed by atoms with E-state index in [-0.39, 0.29) is 5.91 Å². The molecule has 0 fully saturated rings. The minimum absolute atomic E-state index is 0.231. The number of nitrogens with one attached hydrogen (secondary N) is 2. The SMILES string of the molecule is Cc1[nH]nc(NC(=O)c2sc3ccccc3c2Cl)c1C. The van der Waals surface area contributed by atoms with Crippen molar-refractivity contribution in [3.63, 3.8) is 0 Å². The zero-order valence-corrected chi connectivity index (χ0v) is 12.5. The second-order valence-electron chi connectivity index (χ2n) is 4.52. The van der Waals surface area contributed by atoms with Gasteiger partial charge in [0.05, 0.1) is 5.02 Å². The van der Waals surface area contributed by atoms with Gasteiger partial charge in [0.2, 0.25) is 0 Å². The molecule has 0 spiro atoms. The Hall–Kier alpha value is -1.85. The van der Waals surface area contributed by atoms with Crippen molar-refractivity contribution in [3.05, 3.63) is 45.4 Å². The minimum Gasteiger partial charge on any atom is -0.304 e. The van der Waals surface area contributed by atoms with Gasteiger partial charge in [0, 0.05) is 21.3 Å². The quantitative estimate of drug-likeness (QED) is 0.747. The van der Waals surface area contributed by atoms with Crippen LogP contribution in [0.15, 0.2) is 24.3 Å². The van der Waals surface area contributed by atoms with Crippen LogP contribution in [-0.4, -0.2) is 16.1 Å². The van der Waals surface area contributed by atoms with Gasteiger partial charge in [-0.1, -0.05) is 29.8 Å². The summed E-state index contributed by atoms with van der Waals surface area (Å²) in [5, 5.41) is 11.1. The van der Waals surface area contributed by atoms with Gasteiger partial charge >= 0.3 is 0 Å². The molecule has 0 unspecified atom stereocenters. The minimum atomic E-state index is -0.231. The summed E-state index contributed by atoms with van der Waals surface area (Å²) in [6, 6.07) is 7.70. The number of hydrogen-bond donors (Lipinski definition) is 2. The number of aryl methyl sites for hydroxylation is 1. The molecular formula is C14H12ClN3OS. The number of H-pyrrole nitrogens is 1. The molecule has 0 aliphatic heterocycles. The van der Waals surface area contributed by atoms with Crippen molar-refractivity contribution in [2.75, 3.05) is 5.32 Å². The first-order valence-corrected chi connectivity index (χ1v) is 7.27. The Morgan fingerprint density at radius 2 is 2.10 bits per heavy atom. The van der Waals surface area contributed by atoms with Gasteiger partial charge < -0.3 is 5.32 Å². The van der Waals surface area contributed by atoms with Crippen LogP contribution in [-0.2, 0) is 0 Å². The fourth-order valence-electron chi connectivity index (χ4n) is 1.93. The predicted molar refractivity (Wildman–Crippen MR) is 82.8 cm³/mol. The molecule has 2 aromatic heterocycles. The molecule has 0 saturated heterocycles. The van der Waals surface area contributed by atoms with E-state index < -0.39 is 0 Å². The average molecular weight is 306 g/mol. The van der Waals surface area contributed by atoms with E-state index in [9.17, 15) is 4.79 Å². The Balaban J connectivity index is 1.97. The molecular weight excluding hydrogens is 294 g/mol. The number of thiophene rings is 1. The van der Waals surface area contributed by atoms with E-state index in [0.29, 0.717) is 15.7 Å². The molecule has 0 saturated carbocycles. The van der Waals surface area contributed by atoms with Crippen LogP contribution in [0, 0.1) is 13.8 Å². The molecule has 1 aromatic carbocycles. The van der Waals surface area contributed by atoms with Crippen LogP contribution in [0.25, 0.3) is 10.1 Å². The molecule has 0 bridgehead atoms. The second kappa shape index (κ2) is 4.92. The maximum Gasteiger partial charge on any atom is 0.268 e. The van der Waals surface area contributed by atoms with Crippen molar-refractivity contribution in [2.45, 2.75) is 13.8 Å². The summed E-state index contributed by atoms with van der Waals surface area (Å²) in [5.74, 6) is 0.312. The molecule has 2 heterocycles. The molecule has 102 valence electrons. The molecule has 20 heavy (non-hydrogen) atoms. The van der Waals surface area contributed by atoms with Crippen molar-refractivity contribution in [1.82, 2.24) is 10.2 Å². The molecule has 4 nitrogen and oxygen atoms in total. The van der Waals surface area contributed by atoms with Crippen molar-refractivity contribution >= 4 is 44.7 Å². The van der Waals surface area contributed by atoms with Gasteiger partial charge in [-0.3, -0.25) is 9.89 Å². The van der Waals surface area contributed by atoms with E-state index in [4.69, 9.17) is 11.6 Å². The van der Waals surface area contributed by atoms with Gasteiger partial charge in [0.15, 0.2) is 5.82 Å². The fourth-order valence-corrected chi connectivity index (χ4v) is 3.34. The first kappa shape index (κ1) is 13.1. The van der Waals surface area contributed by atoms with Crippen LogP contribution in [0.3, 0.4) is 0 Å². The lowest BCUT2D eigenvalue weighted by Gasteiger charge is -2.01. The number of aromatic amines is 1. The smallest absolute Gasteiger partial charge is 0.268 e. The normalized spacial score (nSPS) is 10.9. The van der Waals surface area contributed by atoms with E-state index in [1.165, 1.54) is 11.3 Å². The molecule has 3 aromatic rings. The topological polar surface area (TPSA) is 57.8 Å². The molecule has 1 amide bonds. The van der Waals surface area contributed by atoms with Crippen molar-refractivity contribution < 1.29 is 4.79 Å². The molecule has 0 atom stereocenters. The third-order valence-corrected chi connectivity index (χ3v) is 4.90. The summed E-state index contributed by atoms with van der Waals surface area (Å²) in [6.07, 6.45) is 0. The number of halogens is 1. The summed E-state index contributed by atoms with van der Waals surface area (Å²) in [6.45, 7) is 3.81. The van der Waals surface area contributed by atoms with Gasteiger partial charge in [-0.15, -0.1) is 11.3 Å². The molecule has 3 rings (SSSR count). The highest BCUT2D eigenvalue weighted by Gasteiger charge is 2.18. The number of carbonyl (C=O) groups is 1. The maximum atomic E-state index is 12.3. The molecule has 0 aliphatic carbocycles. The van der Waals surface area contributed by atoms with E-state index in [2.05, 4.69) is 15.5 Å². The summed E-state index contributed by atoms with van der Waals surface area (Å²) < 4.78 is 0.998. The Kier molecular flexibility index (Phi) is 3.23. The van der Waals surface area contributed by atoms with Gasteiger partial charge in [0.25, 0.3) is 5.91 Å². The van der Waals surface area contributed by atoms with Crippen molar-refractivity contribution in [1.29, 1.82) is 0 Å². The number of hydrogen-bond acceptors (Lipinski definition) is 3. The van der Waals surface area contributed by atoms with E-state index in [0.717, 1.165) is 21.3 Å². The standard InChI is InChI=1S/C14H12ClN3OS/c1-7-8(2)17-18-13(7)16-14(19)12-11(15)9-5-3-4-6-10(9)20-12/h3-6H,1-2H3,(H2,16,17,18,19). The highest BCUT2D eigenvalue weighted by Crippen LogP contribution is 2.35. The van der Waals surface area contributed by atoms with Gasteiger partial charge in [0.1, 0.15) is 4.88 Å². The van der Waals surface area contributed by atoms with Crippen LogP contribution in [0.2, 0.25) is 5.02 Å². The maximum absolute atomic E-state index is 12.3. The van der Waals surface area contributed by atoms with Crippen LogP contribution in [0.4, 0.5) is 5.82 Å². The van der Waals surface area contributed by atoms with Gasteiger partial charge in [-0.2, -0.15) is 5.10 Å². The summed E-state index contributed by atoms with van der Waals surface area (Å²) >= 11 is 7.67. The second-order valence-corrected chi connectivity index (χ2v) is 5.95. The summed E-state index contributed by atoms with van der Waals surface area (Å²) in [7, 11) is 0. The lowest BCUT2D eigenvalue weighted by atomic mass is 10.2. The van der Waals surface area contributed by atoms with Gasteiger partial charge in [-0.25, -0.2) is 0 Å². The molecule has 2 N–H and O–H groups in total. The largest absolute Gasteiger partial charge is 0.304 e. The first-order chi connectivity index (χ1) is 9.58. The summed E-state index contributed by atoms with van der Waals surface area (Å²) in [4.78, 5) is 12.8. The fraction of sp³-hybridized carbons (Fsp3) is 0.143. The van der Waals surface area contributed by atoms with Crippen LogP contribution >= 0.6 is 22.9 Å². The van der Waals surface area contributed by atoms with Crippen molar-refractivity contribution in [2.24, 2.45) is 0 Å². The number of nitrogens with zero attached hydrogens (tertiary/aromatic N) is 1. The Bertz CT molecular complexity index is 806.